The third-order valence-corrected chi connectivity index (χ3v) is 3.43. The Labute approximate surface area is 119 Å². The first-order valence-electron chi connectivity index (χ1n) is 6.83. The minimum atomic E-state index is -0.897. The lowest BCUT2D eigenvalue weighted by molar-refractivity contribution is 0.0697. The molecule has 0 aliphatic rings. The number of aromatic carboxylic acids is 1. The van der Waals surface area contributed by atoms with Crippen LogP contribution in [0.4, 0.5) is 0 Å². The SMILES string of the molecule is CCCn1nc(C)c(-c2cc(C)cc(C(=O)O)c2)c1C. The topological polar surface area (TPSA) is 55.1 Å². The van der Waals surface area contributed by atoms with Crippen molar-refractivity contribution in [3.8, 4) is 11.1 Å². The fourth-order valence-electron chi connectivity index (χ4n) is 2.60. The van der Waals surface area contributed by atoms with Crippen molar-refractivity contribution in [3.05, 3.63) is 40.7 Å². The summed E-state index contributed by atoms with van der Waals surface area (Å²) >= 11 is 0. The zero-order valence-corrected chi connectivity index (χ0v) is 12.4. The Bertz CT molecular complexity index is 657. The molecule has 2 rings (SSSR count). The van der Waals surface area contributed by atoms with E-state index in [2.05, 4.69) is 12.0 Å². The Morgan fingerprint density at radius 2 is 1.95 bits per heavy atom. The zero-order valence-electron chi connectivity index (χ0n) is 12.4. The number of nitrogens with zero attached hydrogens (tertiary/aromatic N) is 2. The number of carbonyl (C=O) groups is 1. The molecule has 0 bridgehead atoms. The van der Waals surface area contributed by atoms with Crippen molar-refractivity contribution in [2.45, 2.75) is 40.7 Å². The number of aryl methyl sites for hydroxylation is 3. The number of carboxylic acid groups (broad SMARTS) is 1. The van der Waals surface area contributed by atoms with Crippen molar-refractivity contribution in [1.29, 1.82) is 0 Å². The van der Waals surface area contributed by atoms with E-state index >= 15 is 0 Å². The van der Waals surface area contributed by atoms with E-state index in [1.54, 1.807) is 12.1 Å². The van der Waals surface area contributed by atoms with Crippen LogP contribution in [0.15, 0.2) is 18.2 Å². The van der Waals surface area contributed by atoms with Crippen LogP contribution in [0, 0.1) is 20.8 Å². The molecule has 0 unspecified atom stereocenters. The minimum Gasteiger partial charge on any atom is -0.478 e. The van der Waals surface area contributed by atoms with E-state index < -0.39 is 5.97 Å². The van der Waals surface area contributed by atoms with Crippen molar-refractivity contribution in [1.82, 2.24) is 9.78 Å². The molecule has 106 valence electrons. The Kier molecular flexibility index (Phi) is 3.93. The van der Waals surface area contributed by atoms with Crippen molar-refractivity contribution in [3.63, 3.8) is 0 Å². The molecule has 0 aliphatic heterocycles. The highest BCUT2D eigenvalue weighted by molar-refractivity contribution is 5.90. The molecule has 0 radical (unpaired) electrons. The van der Waals surface area contributed by atoms with E-state index in [0.29, 0.717) is 5.56 Å². The summed E-state index contributed by atoms with van der Waals surface area (Å²) in [7, 11) is 0. The summed E-state index contributed by atoms with van der Waals surface area (Å²) in [5.41, 5.74) is 5.28. The summed E-state index contributed by atoms with van der Waals surface area (Å²) in [6.45, 7) is 8.91. The first kappa shape index (κ1) is 14.3. The Morgan fingerprint density at radius 1 is 1.25 bits per heavy atom. The lowest BCUT2D eigenvalue weighted by atomic mass is 9.99. The summed E-state index contributed by atoms with van der Waals surface area (Å²) < 4.78 is 1.99. The lowest BCUT2D eigenvalue weighted by Crippen LogP contribution is -2.01. The number of rotatable bonds is 4. The van der Waals surface area contributed by atoms with Crippen LogP contribution >= 0.6 is 0 Å². The molecule has 0 saturated carbocycles. The van der Waals surface area contributed by atoms with Gasteiger partial charge in [-0.1, -0.05) is 13.0 Å². The molecule has 0 aliphatic carbocycles. The number of carboxylic acids is 1. The van der Waals surface area contributed by atoms with Gasteiger partial charge in [-0.05, 0) is 50.5 Å². The van der Waals surface area contributed by atoms with E-state index in [4.69, 9.17) is 0 Å². The van der Waals surface area contributed by atoms with Gasteiger partial charge in [0.25, 0.3) is 0 Å². The smallest absolute Gasteiger partial charge is 0.335 e. The Hall–Kier alpha value is -2.10. The predicted octanol–water partition coefficient (Wildman–Crippen LogP) is 3.58. The fraction of sp³-hybridized carbons (Fsp3) is 0.375. The second-order valence-electron chi connectivity index (χ2n) is 5.16. The first-order valence-corrected chi connectivity index (χ1v) is 6.83. The maximum atomic E-state index is 11.2. The summed E-state index contributed by atoms with van der Waals surface area (Å²) in [5, 5.41) is 13.7. The van der Waals surface area contributed by atoms with Gasteiger partial charge in [-0.2, -0.15) is 5.10 Å². The lowest BCUT2D eigenvalue weighted by Gasteiger charge is -2.07. The maximum absolute atomic E-state index is 11.2. The van der Waals surface area contributed by atoms with Crippen LogP contribution in [0.3, 0.4) is 0 Å². The van der Waals surface area contributed by atoms with E-state index in [9.17, 15) is 9.90 Å². The van der Waals surface area contributed by atoms with Gasteiger partial charge < -0.3 is 5.11 Å². The van der Waals surface area contributed by atoms with Crippen molar-refractivity contribution >= 4 is 5.97 Å². The molecule has 2 aromatic rings. The van der Waals surface area contributed by atoms with E-state index in [1.807, 2.05) is 31.5 Å². The summed E-state index contributed by atoms with van der Waals surface area (Å²) in [4.78, 5) is 11.2. The largest absolute Gasteiger partial charge is 0.478 e. The van der Waals surface area contributed by atoms with Gasteiger partial charge in [-0.15, -0.1) is 0 Å². The zero-order chi connectivity index (χ0) is 14.9. The van der Waals surface area contributed by atoms with Crippen molar-refractivity contribution in [2.24, 2.45) is 0 Å². The molecule has 1 aromatic carbocycles. The summed E-state index contributed by atoms with van der Waals surface area (Å²) in [5.74, 6) is -0.897. The fourth-order valence-corrected chi connectivity index (χ4v) is 2.60. The quantitative estimate of drug-likeness (QED) is 0.925. The highest BCUT2D eigenvalue weighted by atomic mass is 16.4. The normalized spacial score (nSPS) is 10.8. The molecular formula is C16H20N2O2. The Morgan fingerprint density at radius 3 is 2.55 bits per heavy atom. The van der Waals surface area contributed by atoms with Gasteiger partial charge >= 0.3 is 5.97 Å². The summed E-state index contributed by atoms with van der Waals surface area (Å²) in [6, 6.07) is 5.43. The molecule has 0 atom stereocenters. The highest BCUT2D eigenvalue weighted by Crippen LogP contribution is 2.29. The van der Waals surface area contributed by atoms with Crippen LogP contribution in [0.5, 0.6) is 0 Å². The third-order valence-electron chi connectivity index (χ3n) is 3.43. The van der Waals surface area contributed by atoms with Crippen LogP contribution < -0.4 is 0 Å². The molecule has 0 fully saturated rings. The second-order valence-corrected chi connectivity index (χ2v) is 5.16. The average molecular weight is 272 g/mol. The van der Waals surface area contributed by atoms with Gasteiger partial charge in [-0.25, -0.2) is 4.79 Å². The van der Waals surface area contributed by atoms with Gasteiger partial charge in [0.15, 0.2) is 0 Å². The van der Waals surface area contributed by atoms with Crippen LogP contribution in [0.25, 0.3) is 11.1 Å². The van der Waals surface area contributed by atoms with Crippen LogP contribution in [0.2, 0.25) is 0 Å². The molecule has 1 N–H and O–H groups in total. The maximum Gasteiger partial charge on any atom is 0.335 e. The molecular weight excluding hydrogens is 252 g/mol. The number of hydrogen-bond acceptors (Lipinski definition) is 2. The molecule has 1 heterocycles. The average Bonchev–Trinajstić information content (AvgIpc) is 2.64. The van der Waals surface area contributed by atoms with E-state index in [1.165, 1.54) is 0 Å². The van der Waals surface area contributed by atoms with Crippen molar-refractivity contribution in [2.75, 3.05) is 0 Å². The highest BCUT2D eigenvalue weighted by Gasteiger charge is 2.15. The number of hydrogen-bond donors (Lipinski definition) is 1. The molecule has 0 amide bonds. The monoisotopic (exact) mass is 272 g/mol. The van der Waals surface area contributed by atoms with Gasteiger partial charge in [0, 0.05) is 17.8 Å². The van der Waals surface area contributed by atoms with Gasteiger partial charge in [0.05, 0.1) is 11.3 Å². The van der Waals surface area contributed by atoms with E-state index in [0.717, 1.165) is 41.0 Å². The predicted molar refractivity (Wildman–Crippen MR) is 79.1 cm³/mol. The third kappa shape index (κ3) is 2.59. The molecule has 4 heteroatoms. The molecule has 0 spiro atoms. The van der Waals surface area contributed by atoms with Gasteiger partial charge in [0.2, 0.25) is 0 Å². The second kappa shape index (κ2) is 5.49. The number of aromatic nitrogens is 2. The molecule has 20 heavy (non-hydrogen) atoms. The molecule has 0 saturated heterocycles. The Balaban J connectivity index is 2.59. The minimum absolute atomic E-state index is 0.321. The van der Waals surface area contributed by atoms with Crippen molar-refractivity contribution < 1.29 is 9.90 Å². The standard InChI is InChI=1S/C16H20N2O2/c1-5-6-18-12(4)15(11(3)17-18)13-7-10(2)8-14(9-13)16(19)20/h7-9H,5-6H2,1-4H3,(H,19,20). The first-order chi connectivity index (χ1) is 9.43. The molecule has 1 aromatic heterocycles. The number of benzene rings is 1. The summed E-state index contributed by atoms with van der Waals surface area (Å²) in [6.07, 6.45) is 1.02. The van der Waals surface area contributed by atoms with Crippen LogP contribution in [-0.2, 0) is 6.54 Å². The van der Waals surface area contributed by atoms with Gasteiger partial charge in [-0.3, -0.25) is 4.68 Å². The van der Waals surface area contributed by atoms with Gasteiger partial charge in [0.1, 0.15) is 0 Å². The van der Waals surface area contributed by atoms with E-state index in [-0.39, 0.29) is 0 Å². The molecule has 4 nitrogen and oxygen atoms in total. The van der Waals surface area contributed by atoms with Crippen LogP contribution in [-0.4, -0.2) is 20.9 Å². The van der Waals surface area contributed by atoms with Crippen LogP contribution in [0.1, 0.15) is 40.7 Å².